The molecule has 0 aromatic heterocycles. The molecule has 1 aromatic carbocycles. The molecular formula is C13H16F3NS. The SMILES string of the molecule is CCS/C(=C(/CNC)c1ccccc1)C(F)(F)F. The summed E-state index contributed by atoms with van der Waals surface area (Å²) in [5.41, 5.74) is 0.914. The molecule has 0 unspecified atom stereocenters. The third-order valence-corrected chi connectivity index (χ3v) is 3.35. The van der Waals surface area contributed by atoms with E-state index in [4.69, 9.17) is 0 Å². The lowest BCUT2D eigenvalue weighted by molar-refractivity contribution is -0.0831. The second-order valence-corrected chi connectivity index (χ2v) is 4.91. The van der Waals surface area contributed by atoms with Crippen LogP contribution in [0.4, 0.5) is 13.2 Å². The van der Waals surface area contributed by atoms with Crippen molar-refractivity contribution in [3.8, 4) is 0 Å². The second-order valence-electron chi connectivity index (χ2n) is 3.63. The maximum absolute atomic E-state index is 13.1. The Morgan fingerprint density at radius 3 is 2.28 bits per heavy atom. The molecule has 0 heterocycles. The topological polar surface area (TPSA) is 12.0 Å². The van der Waals surface area contributed by atoms with E-state index in [2.05, 4.69) is 5.32 Å². The first-order chi connectivity index (χ1) is 8.50. The van der Waals surface area contributed by atoms with Crippen molar-refractivity contribution in [1.82, 2.24) is 5.32 Å². The summed E-state index contributed by atoms with van der Waals surface area (Å²) in [7, 11) is 1.65. The lowest BCUT2D eigenvalue weighted by Gasteiger charge is -2.17. The molecule has 0 aliphatic heterocycles. The predicted octanol–water partition coefficient (Wildman–Crippen LogP) is 3.93. The van der Waals surface area contributed by atoms with Crippen LogP contribution in [0.25, 0.3) is 5.57 Å². The van der Waals surface area contributed by atoms with Crippen molar-refractivity contribution in [2.24, 2.45) is 0 Å². The van der Waals surface area contributed by atoms with Crippen molar-refractivity contribution in [3.05, 3.63) is 40.8 Å². The van der Waals surface area contributed by atoms with Crippen molar-refractivity contribution >= 4 is 17.3 Å². The molecule has 0 radical (unpaired) electrons. The highest BCUT2D eigenvalue weighted by atomic mass is 32.2. The Bertz CT molecular complexity index is 398. The van der Waals surface area contributed by atoms with Crippen molar-refractivity contribution in [3.63, 3.8) is 0 Å². The minimum atomic E-state index is -4.30. The van der Waals surface area contributed by atoms with E-state index >= 15 is 0 Å². The van der Waals surface area contributed by atoms with Gasteiger partial charge in [-0.15, -0.1) is 11.8 Å². The molecule has 18 heavy (non-hydrogen) atoms. The molecule has 1 rings (SSSR count). The first-order valence-corrected chi connectivity index (χ1v) is 6.62. The zero-order chi connectivity index (χ0) is 13.6. The molecule has 0 atom stereocenters. The Morgan fingerprint density at radius 1 is 1.22 bits per heavy atom. The number of allylic oxidation sites excluding steroid dienone is 1. The Kier molecular flexibility index (Phi) is 5.75. The number of alkyl halides is 3. The fourth-order valence-corrected chi connectivity index (χ4v) is 2.43. The van der Waals surface area contributed by atoms with Gasteiger partial charge in [0.05, 0.1) is 4.91 Å². The molecule has 5 heteroatoms. The third kappa shape index (κ3) is 4.07. The summed E-state index contributed by atoms with van der Waals surface area (Å²) in [6.07, 6.45) is -4.30. The average Bonchev–Trinajstić information content (AvgIpc) is 2.33. The highest BCUT2D eigenvalue weighted by Gasteiger charge is 2.36. The van der Waals surface area contributed by atoms with E-state index in [-0.39, 0.29) is 6.54 Å². The Labute approximate surface area is 109 Å². The Morgan fingerprint density at radius 2 is 1.83 bits per heavy atom. The van der Waals surface area contributed by atoms with Crippen LogP contribution in [0.2, 0.25) is 0 Å². The van der Waals surface area contributed by atoms with Crippen LogP contribution in [0.1, 0.15) is 12.5 Å². The fraction of sp³-hybridized carbons (Fsp3) is 0.385. The van der Waals surface area contributed by atoms with Gasteiger partial charge in [-0.25, -0.2) is 0 Å². The molecule has 1 aromatic rings. The van der Waals surface area contributed by atoms with Crippen LogP contribution in [0.15, 0.2) is 35.2 Å². The van der Waals surface area contributed by atoms with E-state index in [1.54, 1.807) is 44.3 Å². The molecule has 100 valence electrons. The van der Waals surface area contributed by atoms with Crippen LogP contribution in [0, 0.1) is 0 Å². The van der Waals surface area contributed by atoms with E-state index < -0.39 is 11.1 Å². The zero-order valence-electron chi connectivity index (χ0n) is 10.3. The van der Waals surface area contributed by atoms with Gasteiger partial charge in [0.15, 0.2) is 0 Å². The maximum atomic E-state index is 13.1. The highest BCUT2D eigenvalue weighted by Crippen LogP contribution is 2.39. The molecule has 0 aliphatic rings. The number of rotatable bonds is 5. The maximum Gasteiger partial charge on any atom is 0.422 e. The first kappa shape index (κ1) is 15.1. The lowest BCUT2D eigenvalue weighted by atomic mass is 10.1. The van der Waals surface area contributed by atoms with Crippen molar-refractivity contribution in [2.75, 3.05) is 19.3 Å². The summed E-state index contributed by atoms with van der Waals surface area (Å²) in [4.78, 5) is -0.509. The second kappa shape index (κ2) is 6.85. The molecule has 0 saturated carbocycles. The number of benzene rings is 1. The summed E-state index contributed by atoms with van der Waals surface area (Å²) in [5.74, 6) is 0.398. The number of hydrogen-bond acceptors (Lipinski definition) is 2. The van der Waals surface area contributed by atoms with Crippen LogP contribution in [0.5, 0.6) is 0 Å². The smallest absolute Gasteiger partial charge is 0.316 e. The van der Waals surface area contributed by atoms with Crippen LogP contribution < -0.4 is 5.32 Å². The number of nitrogens with one attached hydrogen (secondary N) is 1. The molecule has 0 aliphatic carbocycles. The third-order valence-electron chi connectivity index (χ3n) is 2.30. The Balaban J connectivity index is 3.29. The molecule has 0 fully saturated rings. The van der Waals surface area contributed by atoms with Gasteiger partial charge in [0, 0.05) is 6.54 Å². The quantitative estimate of drug-likeness (QED) is 0.873. The monoisotopic (exact) mass is 275 g/mol. The average molecular weight is 275 g/mol. The van der Waals surface area contributed by atoms with Crippen molar-refractivity contribution in [1.29, 1.82) is 0 Å². The van der Waals surface area contributed by atoms with E-state index in [0.717, 1.165) is 11.8 Å². The standard InChI is InChI=1S/C13H16F3NS/c1-3-18-12(13(14,15)16)11(9-17-2)10-7-5-4-6-8-10/h4-8,17H,3,9H2,1-2H3/b12-11-. The number of hydrogen-bond donors (Lipinski definition) is 1. The minimum absolute atomic E-state index is 0.200. The van der Waals surface area contributed by atoms with E-state index in [9.17, 15) is 13.2 Å². The number of thioether (sulfide) groups is 1. The summed E-state index contributed by atoms with van der Waals surface area (Å²) in [5, 5.41) is 2.81. The van der Waals surface area contributed by atoms with Gasteiger partial charge in [0.2, 0.25) is 0 Å². The summed E-state index contributed by atoms with van der Waals surface area (Å²) < 4.78 is 39.2. The first-order valence-electron chi connectivity index (χ1n) is 5.63. The van der Waals surface area contributed by atoms with E-state index in [0.29, 0.717) is 16.9 Å². The minimum Gasteiger partial charge on any atom is -0.316 e. The van der Waals surface area contributed by atoms with Gasteiger partial charge in [-0.2, -0.15) is 13.2 Å². The normalized spacial score (nSPS) is 13.4. The predicted molar refractivity (Wildman–Crippen MR) is 71.5 cm³/mol. The van der Waals surface area contributed by atoms with Crippen LogP contribution in [-0.4, -0.2) is 25.5 Å². The summed E-state index contributed by atoms with van der Waals surface area (Å²) in [6.45, 7) is 1.92. The van der Waals surface area contributed by atoms with Crippen molar-refractivity contribution in [2.45, 2.75) is 13.1 Å². The molecule has 1 N–H and O–H groups in total. The molecule has 0 spiro atoms. The van der Waals surface area contributed by atoms with Crippen LogP contribution >= 0.6 is 11.8 Å². The van der Waals surface area contributed by atoms with Gasteiger partial charge in [0.25, 0.3) is 0 Å². The van der Waals surface area contributed by atoms with Gasteiger partial charge in [-0.3, -0.25) is 0 Å². The van der Waals surface area contributed by atoms with Crippen LogP contribution in [0.3, 0.4) is 0 Å². The van der Waals surface area contributed by atoms with Crippen molar-refractivity contribution < 1.29 is 13.2 Å². The lowest BCUT2D eigenvalue weighted by Crippen LogP contribution is -2.18. The molecule has 0 saturated heterocycles. The van der Waals surface area contributed by atoms with E-state index in [1.165, 1.54) is 0 Å². The Hall–Kier alpha value is -0.940. The van der Waals surface area contributed by atoms with Gasteiger partial charge in [0.1, 0.15) is 0 Å². The highest BCUT2D eigenvalue weighted by molar-refractivity contribution is 8.03. The summed E-state index contributed by atoms with van der Waals surface area (Å²) >= 11 is 0.841. The molecular weight excluding hydrogens is 259 g/mol. The number of halogens is 3. The largest absolute Gasteiger partial charge is 0.422 e. The van der Waals surface area contributed by atoms with Gasteiger partial charge in [-0.05, 0) is 23.9 Å². The van der Waals surface area contributed by atoms with E-state index in [1.807, 2.05) is 0 Å². The van der Waals surface area contributed by atoms with Gasteiger partial charge >= 0.3 is 6.18 Å². The number of likely N-dealkylation sites (N-methyl/N-ethyl adjacent to an activating group) is 1. The van der Waals surface area contributed by atoms with Gasteiger partial charge in [-0.1, -0.05) is 37.3 Å². The summed E-state index contributed by atoms with van der Waals surface area (Å²) in [6, 6.07) is 8.69. The van der Waals surface area contributed by atoms with Crippen LogP contribution in [-0.2, 0) is 0 Å². The zero-order valence-corrected chi connectivity index (χ0v) is 11.2. The molecule has 0 amide bonds. The molecule has 0 bridgehead atoms. The molecule has 1 nitrogen and oxygen atoms in total. The fourth-order valence-electron chi connectivity index (χ4n) is 1.61. The van der Waals surface area contributed by atoms with Gasteiger partial charge < -0.3 is 5.32 Å².